The fourth-order valence-corrected chi connectivity index (χ4v) is 3.54. The maximum absolute atomic E-state index is 12.1. The third-order valence-corrected chi connectivity index (χ3v) is 4.83. The van der Waals surface area contributed by atoms with E-state index in [1.165, 1.54) is 14.2 Å². The number of carbonyl (C=O) groups is 2. The molecule has 25 heavy (non-hydrogen) atoms. The molecule has 0 amide bonds. The van der Waals surface area contributed by atoms with Crippen molar-refractivity contribution >= 4 is 51.3 Å². The van der Waals surface area contributed by atoms with E-state index in [0.29, 0.717) is 20.6 Å². The molecule has 2 N–H and O–H groups in total. The molecule has 1 heterocycles. The largest absolute Gasteiger partial charge is 0.465 e. The molecular formula is C17H18N2O4S2. The Bertz CT molecular complexity index is 813. The van der Waals surface area contributed by atoms with Crippen molar-refractivity contribution in [1.82, 2.24) is 0 Å². The van der Waals surface area contributed by atoms with Gasteiger partial charge in [-0.25, -0.2) is 9.59 Å². The molecule has 0 aliphatic rings. The maximum atomic E-state index is 12.1. The molecule has 0 aliphatic carbocycles. The Morgan fingerprint density at radius 3 is 2.16 bits per heavy atom. The van der Waals surface area contributed by atoms with Crippen molar-refractivity contribution in [2.45, 2.75) is 13.8 Å². The lowest BCUT2D eigenvalue weighted by atomic mass is 10.1. The topological polar surface area (TPSA) is 76.7 Å². The van der Waals surface area contributed by atoms with Crippen LogP contribution in [0.2, 0.25) is 0 Å². The molecule has 0 radical (unpaired) electrons. The van der Waals surface area contributed by atoms with Gasteiger partial charge < -0.3 is 20.1 Å². The van der Waals surface area contributed by atoms with Gasteiger partial charge in [0.15, 0.2) is 5.11 Å². The first-order valence-corrected chi connectivity index (χ1v) is 8.54. The van der Waals surface area contributed by atoms with Crippen molar-refractivity contribution < 1.29 is 19.1 Å². The summed E-state index contributed by atoms with van der Waals surface area (Å²) < 4.78 is 9.56. The molecule has 1 aromatic heterocycles. The Morgan fingerprint density at radius 1 is 1.00 bits per heavy atom. The molecule has 0 saturated heterocycles. The first kappa shape index (κ1) is 18.9. The van der Waals surface area contributed by atoms with E-state index in [1.807, 2.05) is 31.2 Å². The molecule has 6 nitrogen and oxygen atoms in total. The Kier molecular flexibility index (Phi) is 6.11. The fraction of sp³-hybridized carbons (Fsp3) is 0.235. The average molecular weight is 378 g/mol. The van der Waals surface area contributed by atoms with Crippen LogP contribution in [0.15, 0.2) is 24.3 Å². The van der Waals surface area contributed by atoms with Crippen LogP contribution in [0, 0.1) is 13.8 Å². The van der Waals surface area contributed by atoms with Gasteiger partial charge in [0, 0.05) is 5.69 Å². The molecule has 8 heteroatoms. The van der Waals surface area contributed by atoms with Crippen LogP contribution in [0.4, 0.5) is 10.7 Å². The van der Waals surface area contributed by atoms with Gasteiger partial charge >= 0.3 is 11.9 Å². The monoisotopic (exact) mass is 378 g/mol. The fourth-order valence-electron chi connectivity index (χ4n) is 2.14. The summed E-state index contributed by atoms with van der Waals surface area (Å²) >= 11 is 6.39. The van der Waals surface area contributed by atoms with Crippen LogP contribution in [0.1, 0.15) is 31.2 Å². The number of aryl methyl sites for hydroxylation is 1. The quantitative estimate of drug-likeness (QED) is 0.620. The van der Waals surface area contributed by atoms with E-state index in [-0.39, 0.29) is 5.56 Å². The van der Waals surface area contributed by atoms with Gasteiger partial charge in [-0.1, -0.05) is 17.7 Å². The Balaban J connectivity index is 2.27. The second kappa shape index (κ2) is 8.09. The summed E-state index contributed by atoms with van der Waals surface area (Å²) in [7, 11) is 2.57. The van der Waals surface area contributed by atoms with Crippen molar-refractivity contribution in [2.75, 3.05) is 24.9 Å². The van der Waals surface area contributed by atoms with Crippen molar-refractivity contribution in [1.29, 1.82) is 0 Å². The summed E-state index contributed by atoms with van der Waals surface area (Å²) in [4.78, 5) is 24.3. The van der Waals surface area contributed by atoms with Gasteiger partial charge in [0.1, 0.15) is 9.88 Å². The van der Waals surface area contributed by atoms with E-state index in [0.717, 1.165) is 22.6 Å². The lowest BCUT2D eigenvalue weighted by Gasteiger charge is -2.10. The number of hydrogen-bond acceptors (Lipinski definition) is 6. The van der Waals surface area contributed by atoms with Crippen LogP contribution in [-0.4, -0.2) is 31.3 Å². The average Bonchev–Trinajstić information content (AvgIpc) is 2.91. The highest BCUT2D eigenvalue weighted by Gasteiger charge is 2.26. The van der Waals surface area contributed by atoms with Crippen LogP contribution in [-0.2, 0) is 9.47 Å². The number of thiophene rings is 1. The van der Waals surface area contributed by atoms with Crippen molar-refractivity contribution in [3.63, 3.8) is 0 Å². The predicted octanol–water partition coefficient (Wildman–Crippen LogP) is 3.75. The number of carbonyl (C=O) groups excluding carboxylic acids is 2. The molecule has 2 rings (SSSR count). The second-order valence-corrected chi connectivity index (χ2v) is 6.62. The smallest absolute Gasteiger partial charge is 0.348 e. The number of anilines is 2. The van der Waals surface area contributed by atoms with Gasteiger partial charge in [-0.2, -0.15) is 0 Å². The molecular weight excluding hydrogens is 360 g/mol. The number of esters is 2. The molecule has 0 aliphatic heterocycles. The van der Waals surface area contributed by atoms with E-state index >= 15 is 0 Å². The zero-order valence-electron chi connectivity index (χ0n) is 14.3. The summed E-state index contributed by atoms with van der Waals surface area (Å²) in [6, 6.07) is 7.69. The number of rotatable bonds is 4. The second-order valence-electron chi connectivity index (χ2n) is 5.19. The lowest BCUT2D eigenvalue weighted by molar-refractivity contribution is 0.0601. The molecule has 0 spiro atoms. The van der Waals surface area contributed by atoms with Gasteiger partial charge in [0.25, 0.3) is 0 Å². The minimum absolute atomic E-state index is 0.265. The van der Waals surface area contributed by atoms with Crippen molar-refractivity contribution in [3.05, 3.63) is 45.8 Å². The first-order chi connectivity index (χ1) is 11.9. The van der Waals surface area contributed by atoms with E-state index in [2.05, 4.69) is 10.6 Å². The number of thiocarbonyl (C=S) groups is 1. The Morgan fingerprint density at radius 2 is 1.60 bits per heavy atom. The summed E-state index contributed by atoms with van der Waals surface area (Å²) in [6.45, 7) is 3.66. The predicted molar refractivity (Wildman–Crippen MR) is 103 cm³/mol. The van der Waals surface area contributed by atoms with Crippen molar-refractivity contribution in [2.24, 2.45) is 0 Å². The highest BCUT2D eigenvalue weighted by Crippen LogP contribution is 2.34. The zero-order valence-corrected chi connectivity index (χ0v) is 15.9. The molecule has 1 aromatic carbocycles. The van der Waals surface area contributed by atoms with Crippen LogP contribution in [0.5, 0.6) is 0 Å². The SMILES string of the molecule is COC(=O)c1sc(NC(=S)Nc2ccc(C)cc2)c(C(=O)OC)c1C. The van der Waals surface area contributed by atoms with E-state index < -0.39 is 11.9 Å². The zero-order chi connectivity index (χ0) is 18.6. The van der Waals surface area contributed by atoms with Crippen molar-refractivity contribution in [3.8, 4) is 0 Å². The molecule has 2 aromatic rings. The van der Waals surface area contributed by atoms with Crippen LogP contribution >= 0.6 is 23.6 Å². The highest BCUT2D eigenvalue weighted by molar-refractivity contribution is 7.80. The van der Waals surface area contributed by atoms with E-state index in [9.17, 15) is 9.59 Å². The summed E-state index contributed by atoms with van der Waals surface area (Å²) in [6.07, 6.45) is 0. The van der Waals surface area contributed by atoms with E-state index in [4.69, 9.17) is 21.7 Å². The lowest BCUT2D eigenvalue weighted by Crippen LogP contribution is -2.20. The third-order valence-electron chi connectivity index (χ3n) is 3.44. The standard InChI is InChI=1S/C17H18N2O4S2/c1-9-5-7-11(8-6-9)18-17(24)19-14-12(15(20)22-3)10(2)13(25-14)16(21)23-4/h5-8H,1-4H3,(H2,18,19,24). The van der Waals surface area contributed by atoms with Gasteiger partial charge in [-0.3, -0.25) is 0 Å². The molecule has 0 bridgehead atoms. The summed E-state index contributed by atoms with van der Waals surface area (Å²) in [5.74, 6) is -1.07. The highest BCUT2D eigenvalue weighted by atomic mass is 32.1. The van der Waals surface area contributed by atoms with Gasteiger partial charge in [-0.05, 0) is 43.8 Å². The van der Waals surface area contributed by atoms with Gasteiger partial charge in [0.05, 0.1) is 19.8 Å². The van der Waals surface area contributed by atoms with E-state index in [1.54, 1.807) is 6.92 Å². The molecule has 0 atom stereocenters. The van der Waals surface area contributed by atoms with Crippen LogP contribution in [0.25, 0.3) is 0 Å². The summed E-state index contributed by atoms with van der Waals surface area (Å²) in [5.41, 5.74) is 2.70. The normalized spacial score (nSPS) is 10.1. The number of hydrogen-bond donors (Lipinski definition) is 2. The first-order valence-electron chi connectivity index (χ1n) is 7.32. The third kappa shape index (κ3) is 4.34. The molecule has 0 saturated carbocycles. The minimum atomic E-state index is -0.551. The Labute approximate surface area is 155 Å². The molecule has 132 valence electrons. The maximum Gasteiger partial charge on any atom is 0.348 e. The summed E-state index contributed by atoms with van der Waals surface area (Å²) in [5, 5.41) is 6.71. The van der Waals surface area contributed by atoms with Crippen LogP contribution in [0.3, 0.4) is 0 Å². The number of nitrogens with one attached hydrogen (secondary N) is 2. The van der Waals surface area contributed by atoms with Gasteiger partial charge in [-0.15, -0.1) is 11.3 Å². The van der Waals surface area contributed by atoms with Gasteiger partial charge in [0.2, 0.25) is 0 Å². The van der Waals surface area contributed by atoms with Crippen LogP contribution < -0.4 is 10.6 Å². The number of ether oxygens (including phenoxy) is 2. The Hall–Kier alpha value is -2.45. The minimum Gasteiger partial charge on any atom is -0.465 e. The molecule has 0 unspecified atom stereocenters. The molecule has 0 fully saturated rings. The number of methoxy groups -OCH3 is 2. The number of benzene rings is 1.